The highest BCUT2D eigenvalue weighted by Crippen LogP contribution is 2.26. The van der Waals surface area contributed by atoms with E-state index < -0.39 is 15.9 Å². The number of likely N-dealkylation sites (tertiary alicyclic amines) is 1. The maximum absolute atomic E-state index is 13.2. The number of carbonyl (C=O) groups is 2. The molecule has 32 heavy (non-hydrogen) atoms. The van der Waals surface area contributed by atoms with Crippen LogP contribution in [-0.2, 0) is 14.8 Å². The van der Waals surface area contributed by atoms with E-state index in [1.807, 2.05) is 32.0 Å². The number of rotatable bonds is 5. The molecule has 0 radical (unpaired) electrons. The number of aryl methyl sites for hydroxylation is 2. The van der Waals surface area contributed by atoms with Crippen LogP contribution in [0.3, 0.4) is 0 Å². The Kier molecular flexibility index (Phi) is 6.39. The van der Waals surface area contributed by atoms with Crippen molar-refractivity contribution in [3.05, 3.63) is 47.3 Å². The Morgan fingerprint density at radius 3 is 2.56 bits per heavy atom. The number of H-pyrrole nitrogens is 1. The third-order valence-corrected chi connectivity index (χ3v) is 8.17. The minimum absolute atomic E-state index is 0.0654. The lowest BCUT2D eigenvalue weighted by atomic mass is 9.98. The minimum Gasteiger partial charge on any atom is -0.356 e. The molecule has 2 N–H and O–H groups in total. The van der Waals surface area contributed by atoms with Gasteiger partial charge < -0.3 is 15.2 Å². The summed E-state index contributed by atoms with van der Waals surface area (Å²) in [7, 11) is -3.80. The predicted octanol–water partition coefficient (Wildman–Crippen LogP) is 2.91. The molecule has 172 valence electrons. The van der Waals surface area contributed by atoms with Gasteiger partial charge in [-0.1, -0.05) is 12.1 Å². The molecule has 4 rings (SSSR count). The molecule has 1 unspecified atom stereocenters. The molecule has 0 aliphatic carbocycles. The highest BCUT2D eigenvalue weighted by Gasteiger charge is 2.34. The molecule has 8 nitrogen and oxygen atoms in total. The lowest BCUT2D eigenvalue weighted by Crippen LogP contribution is -2.43. The number of piperidine rings is 1. The lowest BCUT2D eigenvalue weighted by molar-refractivity contribution is -0.120. The Bertz CT molecular complexity index is 1120. The van der Waals surface area contributed by atoms with Crippen molar-refractivity contribution in [2.45, 2.75) is 44.4 Å². The average Bonchev–Trinajstić information content (AvgIpc) is 3.49. The first-order valence-corrected chi connectivity index (χ1v) is 12.6. The number of sulfonamides is 1. The number of aromatic nitrogens is 1. The summed E-state index contributed by atoms with van der Waals surface area (Å²) < 4.78 is 27.8. The first-order valence-electron chi connectivity index (χ1n) is 11.1. The fraction of sp³-hybridized carbons (Fsp3) is 0.478. The van der Waals surface area contributed by atoms with Crippen LogP contribution in [0.5, 0.6) is 0 Å². The van der Waals surface area contributed by atoms with Crippen LogP contribution < -0.4 is 5.32 Å². The molecule has 2 aliphatic rings. The molecule has 2 amide bonds. The first-order chi connectivity index (χ1) is 15.3. The van der Waals surface area contributed by atoms with Gasteiger partial charge in [0.25, 0.3) is 5.91 Å². The smallest absolute Gasteiger partial charge is 0.270 e. The lowest BCUT2D eigenvalue weighted by Gasteiger charge is -2.31. The van der Waals surface area contributed by atoms with Crippen molar-refractivity contribution in [3.63, 3.8) is 0 Å². The van der Waals surface area contributed by atoms with Gasteiger partial charge in [0.05, 0.1) is 5.92 Å². The predicted molar refractivity (Wildman–Crippen MR) is 122 cm³/mol. The van der Waals surface area contributed by atoms with Gasteiger partial charge in [-0.05, 0) is 62.8 Å². The molecule has 1 aromatic heterocycles. The fourth-order valence-electron chi connectivity index (χ4n) is 4.37. The summed E-state index contributed by atoms with van der Waals surface area (Å²) in [6.45, 7) is 5.77. The summed E-state index contributed by atoms with van der Waals surface area (Å²) in [5.74, 6) is -0.769. The van der Waals surface area contributed by atoms with Crippen LogP contribution in [-0.4, -0.2) is 60.6 Å². The highest BCUT2D eigenvalue weighted by molar-refractivity contribution is 7.89. The second-order valence-electron chi connectivity index (χ2n) is 8.76. The second-order valence-corrected chi connectivity index (χ2v) is 10.7. The number of anilines is 1. The third kappa shape index (κ3) is 4.59. The van der Waals surface area contributed by atoms with Crippen molar-refractivity contribution >= 4 is 27.5 Å². The monoisotopic (exact) mass is 458 g/mol. The van der Waals surface area contributed by atoms with Crippen molar-refractivity contribution in [1.29, 1.82) is 0 Å². The van der Waals surface area contributed by atoms with Crippen LogP contribution in [0.1, 0.15) is 47.3 Å². The summed E-state index contributed by atoms with van der Waals surface area (Å²) >= 11 is 0. The van der Waals surface area contributed by atoms with Crippen molar-refractivity contribution in [1.82, 2.24) is 14.2 Å². The van der Waals surface area contributed by atoms with Crippen LogP contribution in [0.2, 0.25) is 0 Å². The Hall–Kier alpha value is -2.65. The fourth-order valence-corrected chi connectivity index (χ4v) is 5.88. The van der Waals surface area contributed by atoms with E-state index in [4.69, 9.17) is 0 Å². The molecule has 3 heterocycles. The number of benzene rings is 1. The van der Waals surface area contributed by atoms with Gasteiger partial charge in [0.1, 0.15) is 10.6 Å². The number of nitrogens with zero attached hydrogens (tertiary/aromatic N) is 2. The van der Waals surface area contributed by atoms with Gasteiger partial charge in [0.15, 0.2) is 0 Å². The standard InChI is InChI=1S/C23H30N4O4S/c1-16-7-8-17(2)20(12-16)25-22(28)18-6-5-11-27(15-18)32(30,31)19-13-21(24-14-19)23(29)26-9-3-4-10-26/h7-8,12-14,18,24H,3-6,9-11,15H2,1-2H3,(H,25,28). The van der Waals surface area contributed by atoms with Crippen LogP contribution in [0, 0.1) is 19.8 Å². The zero-order valence-corrected chi connectivity index (χ0v) is 19.4. The molecule has 0 saturated carbocycles. The van der Waals surface area contributed by atoms with Gasteiger partial charge in [0, 0.05) is 38.1 Å². The van der Waals surface area contributed by atoms with Crippen molar-refractivity contribution in [2.24, 2.45) is 5.92 Å². The number of nitrogens with one attached hydrogen (secondary N) is 2. The average molecular weight is 459 g/mol. The van der Waals surface area contributed by atoms with Gasteiger partial charge in [-0.15, -0.1) is 0 Å². The maximum Gasteiger partial charge on any atom is 0.270 e. The Morgan fingerprint density at radius 2 is 1.81 bits per heavy atom. The number of hydrogen-bond acceptors (Lipinski definition) is 4. The summed E-state index contributed by atoms with van der Waals surface area (Å²) in [4.78, 5) is 30.1. The molecule has 2 aromatic rings. The zero-order chi connectivity index (χ0) is 22.9. The van der Waals surface area contributed by atoms with E-state index in [0.717, 1.165) is 29.7 Å². The molecule has 2 aliphatic heterocycles. The number of aromatic amines is 1. The SMILES string of the molecule is Cc1ccc(C)c(NC(=O)C2CCCN(S(=O)(=O)c3c[nH]c(C(=O)N4CCCC4)c3)C2)c1. The van der Waals surface area contributed by atoms with Gasteiger partial charge >= 0.3 is 0 Å². The third-order valence-electron chi connectivity index (χ3n) is 6.32. The molecule has 2 saturated heterocycles. The Labute approximate surface area is 189 Å². The van der Waals surface area contributed by atoms with E-state index in [1.54, 1.807) is 4.90 Å². The van der Waals surface area contributed by atoms with E-state index in [-0.39, 0.29) is 28.9 Å². The molecular formula is C23H30N4O4S. The van der Waals surface area contributed by atoms with Crippen molar-refractivity contribution in [3.8, 4) is 0 Å². The second kappa shape index (κ2) is 9.07. The summed E-state index contributed by atoms with van der Waals surface area (Å²) in [5, 5.41) is 2.97. The zero-order valence-electron chi connectivity index (χ0n) is 18.6. The molecule has 9 heteroatoms. The summed E-state index contributed by atoms with van der Waals surface area (Å²) in [5.41, 5.74) is 3.05. The maximum atomic E-state index is 13.2. The van der Waals surface area contributed by atoms with Crippen LogP contribution in [0.4, 0.5) is 5.69 Å². The normalized spacial score (nSPS) is 19.8. The molecule has 1 atom stereocenters. The molecule has 0 bridgehead atoms. The topological polar surface area (TPSA) is 103 Å². The molecule has 0 spiro atoms. The molecule has 2 fully saturated rings. The van der Waals surface area contributed by atoms with E-state index in [9.17, 15) is 18.0 Å². The number of hydrogen-bond donors (Lipinski definition) is 2. The van der Waals surface area contributed by atoms with Gasteiger partial charge in [0.2, 0.25) is 15.9 Å². The van der Waals surface area contributed by atoms with Crippen LogP contribution >= 0.6 is 0 Å². The summed E-state index contributed by atoms with van der Waals surface area (Å²) in [6, 6.07) is 7.27. The van der Waals surface area contributed by atoms with Gasteiger partial charge in [-0.25, -0.2) is 8.42 Å². The van der Waals surface area contributed by atoms with Crippen molar-refractivity contribution < 1.29 is 18.0 Å². The minimum atomic E-state index is -3.80. The van der Waals surface area contributed by atoms with E-state index in [0.29, 0.717) is 32.5 Å². The quantitative estimate of drug-likeness (QED) is 0.719. The number of amides is 2. The Balaban J connectivity index is 1.46. The number of carbonyl (C=O) groups excluding carboxylic acids is 2. The van der Waals surface area contributed by atoms with Crippen molar-refractivity contribution in [2.75, 3.05) is 31.5 Å². The highest BCUT2D eigenvalue weighted by atomic mass is 32.2. The molecular weight excluding hydrogens is 428 g/mol. The van der Waals surface area contributed by atoms with Gasteiger partial charge in [-0.3, -0.25) is 9.59 Å². The Morgan fingerprint density at radius 1 is 1.06 bits per heavy atom. The first kappa shape index (κ1) is 22.5. The van der Waals surface area contributed by atoms with Crippen LogP contribution in [0.25, 0.3) is 0 Å². The van der Waals surface area contributed by atoms with E-state index >= 15 is 0 Å². The van der Waals surface area contributed by atoms with E-state index in [1.165, 1.54) is 16.6 Å². The largest absolute Gasteiger partial charge is 0.356 e. The van der Waals surface area contributed by atoms with Crippen LogP contribution in [0.15, 0.2) is 35.4 Å². The molecule has 1 aromatic carbocycles. The summed E-state index contributed by atoms with van der Waals surface area (Å²) in [6.07, 6.45) is 4.55. The van der Waals surface area contributed by atoms with E-state index in [2.05, 4.69) is 10.3 Å². The van der Waals surface area contributed by atoms with Gasteiger partial charge in [-0.2, -0.15) is 4.31 Å².